The Morgan fingerprint density at radius 3 is 2.79 bits per heavy atom. The van der Waals surface area contributed by atoms with Gasteiger partial charge in [0.2, 0.25) is 0 Å². The summed E-state index contributed by atoms with van der Waals surface area (Å²) in [5.41, 5.74) is 2.05. The molecule has 2 heterocycles. The lowest BCUT2D eigenvalue weighted by molar-refractivity contribution is -0.0999. The van der Waals surface area contributed by atoms with E-state index in [-0.39, 0.29) is 17.5 Å². The second kappa shape index (κ2) is 4.88. The summed E-state index contributed by atoms with van der Waals surface area (Å²) in [5.74, 6) is 0.435. The molecule has 1 N–H and O–H groups in total. The van der Waals surface area contributed by atoms with Crippen LogP contribution >= 0.6 is 0 Å². The Balaban J connectivity index is 1.99. The Labute approximate surface area is 114 Å². The predicted molar refractivity (Wildman–Crippen MR) is 73.5 cm³/mol. The second-order valence-corrected chi connectivity index (χ2v) is 6.21. The van der Waals surface area contributed by atoms with Crippen molar-refractivity contribution in [1.82, 2.24) is 5.32 Å². The third kappa shape index (κ3) is 2.30. The molecule has 0 amide bonds. The monoisotopic (exact) mass is 263 g/mol. The van der Waals surface area contributed by atoms with Gasteiger partial charge in [-0.15, -0.1) is 0 Å². The maximum absolute atomic E-state index is 13.6. The van der Waals surface area contributed by atoms with Crippen LogP contribution in [0.4, 0.5) is 4.39 Å². The lowest BCUT2D eigenvalue weighted by Gasteiger charge is -2.35. The van der Waals surface area contributed by atoms with Crippen LogP contribution in [0.3, 0.4) is 0 Å². The van der Waals surface area contributed by atoms with Crippen LogP contribution in [0.1, 0.15) is 50.3 Å². The van der Waals surface area contributed by atoms with E-state index in [4.69, 9.17) is 4.74 Å². The van der Waals surface area contributed by atoms with Crippen LogP contribution in [0.15, 0.2) is 18.2 Å². The van der Waals surface area contributed by atoms with Crippen molar-refractivity contribution in [3.8, 4) is 0 Å². The number of rotatable bonds is 2. The third-order valence-electron chi connectivity index (χ3n) is 4.32. The number of hydrogen-bond acceptors (Lipinski definition) is 2. The van der Waals surface area contributed by atoms with Gasteiger partial charge in [-0.25, -0.2) is 4.39 Å². The molecule has 1 fully saturated rings. The zero-order chi connectivity index (χ0) is 13.5. The van der Waals surface area contributed by atoms with Gasteiger partial charge in [0, 0.05) is 0 Å². The second-order valence-electron chi connectivity index (χ2n) is 6.21. The first-order valence-electron chi connectivity index (χ1n) is 7.29. The van der Waals surface area contributed by atoms with Gasteiger partial charge in [-0.05, 0) is 61.5 Å². The number of hydrogen-bond donors (Lipinski definition) is 1. The minimum Gasteiger partial charge on any atom is -0.362 e. The standard InChI is InChI=1S/C16H22FNO/c1-11(2)9-15-13-4-3-12(17)10-14(13)16(19-15)5-7-18-8-6-16/h3-4,10-11,15,18H,5-9H2,1-2H3. The summed E-state index contributed by atoms with van der Waals surface area (Å²) in [6.07, 6.45) is 3.03. The van der Waals surface area contributed by atoms with E-state index < -0.39 is 0 Å². The van der Waals surface area contributed by atoms with Crippen LogP contribution < -0.4 is 5.32 Å². The molecule has 1 unspecified atom stereocenters. The molecule has 0 aromatic heterocycles. The van der Waals surface area contributed by atoms with Crippen molar-refractivity contribution >= 4 is 0 Å². The van der Waals surface area contributed by atoms with Crippen molar-refractivity contribution in [1.29, 1.82) is 0 Å². The molecule has 2 aliphatic rings. The molecule has 0 aliphatic carbocycles. The number of benzene rings is 1. The quantitative estimate of drug-likeness (QED) is 0.881. The molecule has 1 aromatic rings. The van der Waals surface area contributed by atoms with Crippen molar-refractivity contribution in [3.05, 3.63) is 35.1 Å². The van der Waals surface area contributed by atoms with Gasteiger partial charge in [-0.1, -0.05) is 19.9 Å². The lowest BCUT2D eigenvalue weighted by Crippen LogP contribution is -2.39. The van der Waals surface area contributed by atoms with Gasteiger partial charge in [0.1, 0.15) is 5.82 Å². The zero-order valence-corrected chi connectivity index (χ0v) is 11.7. The van der Waals surface area contributed by atoms with Crippen molar-refractivity contribution in [3.63, 3.8) is 0 Å². The summed E-state index contributed by atoms with van der Waals surface area (Å²) in [6.45, 7) is 6.31. The molecule has 2 aliphatic heterocycles. The molecule has 19 heavy (non-hydrogen) atoms. The summed E-state index contributed by atoms with van der Waals surface area (Å²) in [4.78, 5) is 0. The van der Waals surface area contributed by atoms with Gasteiger partial charge in [0.25, 0.3) is 0 Å². The summed E-state index contributed by atoms with van der Waals surface area (Å²) in [5, 5.41) is 3.36. The predicted octanol–water partition coefficient (Wildman–Crippen LogP) is 3.52. The van der Waals surface area contributed by atoms with E-state index >= 15 is 0 Å². The molecular formula is C16H22FNO. The van der Waals surface area contributed by atoms with Gasteiger partial charge in [0.15, 0.2) is 0 Å². The first-order chi connectivity index (χ1) is 9.11. The molecule has 1 spiro atoms. The van der Waals surface area contributed by atoms with E-state index in [1.807, 2.05) is 6.07 Å². The average Bonchev–Trinajstić information content (AvgIpc) is 2.64. The maximum Gasteiger partial charge on any atom is 0.123 e. The van der Waals surface area contributed by atoms with Crippen LogP contribution in [0, 0.1) is 11.7 Å². The summed E-state index contributed by atoms with van der Waals surface area (Å²) in [7, 11) is 0. The van der Waals surface area contributed by atoms with Crippen LogP contribution in [0.5, 0.6) is 0 Å². The van der Waals surface area contributed by atoms with Gasteiger partial charge < -0.3 is 10.1 Å². The minimum absolute atomic E-state index is 0.133. The van der Waals surface area contributed by atoms with Gasteiger partial charge in [-0.3, -0.25) is 0 Å². The Morgan fingerprint density at radius 2 is 2.11 bits per heavy atom. The fourth-order valence-corrected chi connectivity index (χ4v) is 3.42. The number of fused-ring (bicyclic) bond motifs is 2. The number of nitrogens with one attached hydrogen (secondary N) is 1. The van der Waals surface area contributed by atoms with Gasteiger partial charge in [0.05, 0.1) is 11.7 Å². The number of piperidine rings is 1. The van der Waals surface area contributed by atoms with Crippen LogP contribution in [-0.4, -0.2) is 13.1 Å². The van der Waals surface area contributed by atoms with Crippen molar-refractivity contribution in [2.45, 2.75) is 44.8 Å². The zero-order valence-electron chi connectivity index (χ0n) is 11.7. The molecule has 0 radical (unpaired) electrons. The Kier molecular flexibility index (Phi) is 3.35. The number of halogens is 1. The van der Waals surface area contributed by atoms with E-state index in [0.717, 1.165) is 37.9 Å². The topological polar surface area (TPSA) is 21.3 Å². The minimum atomic E-state index is -0.248. The molecule has 1 atom stereocenters. The molecule has 2 nitrogen and oxygen atoms in total. The van der Waals surface area contributed by atoms with E-state index in [9.17, 15) is 4.39 Å². The molecule has 1 aromatic carbocycles. The first-order valence-corrected chi connectivity index (χ1v) is 7.29. The van der Waals surface area contributed by atoms with Crippen LogP contribution in [0.25, 0.3) is 0 Å². The highest BCUT2D eigenvalue weighted by atomic mass is 19.1. The molecule has 1 saturated heterocycles. The summed E-state index contributed by atoms with van der Waals surface area (Å²) in [6, 6.07) is 5.19. The van der Waals surface area contributed by atoms with Gasteiger partial charge in [-0.2, -0.15) is 0 Å². The van der Waals surface area contributed by atoms with Gasteiger partial charge >= 0.3 is 0 Å². The fourth-order valence-electron chi connectivity index (χ4n) is 3.42. The lowest BCUT2D eigenvalue weighted by atomic mass is 9.83. The van der Waals surface area contributed by atoms with E-state index in [2.05, 4.69) is 19.2 Å². The molecule has 3 rings (SSSR count). The Bertz CT molecular complexity index is 466. The molecule has 3 heteroatoms. The van der Waals surface area contributed by atoms with Crippen molar-refractivity contribution < 1.29 is 9.13 Å². The van der Waals surface area contributed by atoms with Crippen LogP contribution in [-0.2, 0) is 10.3 Å². The van der Waals surface area contributed by atoms with E-state index in [1.54, 1.807) is 12.1 Å². The highest BCUT2D eigenvalue weighted by molar-refractivity contribution is 5.39. The smallest absolute Gasteiger partial charge is 0.123 e. The third-order valence-corrected chi connectivity index (χ3v) is 4.32. The highest BCUT2D eigenvalue weighted by Gasteiger charge is 2.45. The average molecular weight is 263 g/mol. The Hall–Kier alpha value is -0.930. The maximum atomic E-state index is 13.6. The molecule has 0 bridgehead atoms. The molecule has 104 valence electrons. The Morgan fingerprint density at radius 1 is 1.37 bits per heavy atom. The van der Waals surface area contributed by atoms with Crippen molar-refractivity contribution in [2.75, 3.05) is 13.1 Å². The number of ether oxygens (including phenoxy) is 1. The first kappa shape index (κ1) is 13.1. The largest absolute Gasteiger partial charge is 0.362 e. The SMILES string of the molecule is CC(C)CC1OC2(CCNCC2)c2cc(F)ccc21. The molecular weight excluding hydrogens is 241 g/mol. The normalized spacial score (nSPS) is 24.9. The summed E-state index contributed by atoms with van der Waals surface area (Å²) >= 11 is 0. The van der Waals surface area contributed by atoms with Crippen LogP contribution in [0.2, 0.25) is 0 Å². The fraction of sp³-hybridized carbons (Fsp3) is 0.625. The highest BCUT2D eigenvalue weighted by Crippen LogP contribution is 2.50. The van der Waals surface area contributed by atoms with E-state index in [0.29, 0.717) is 5.92 Å². The summed E-state index contributed by atoms with van der Waals surface area (Å²) < 4.78 is 20.0. The molecule has 0 saturated carbocycles. The van der Waals surface area contributed by atoms with E-state index in [1.165, 1.54) is 5.56 Å². The van der Waals surface area contributed by atoms with Crippen molar-refractivity contribution in [2.24, 2.45) is 5.92 Å².